The van der Waals surface area contributed by atoms with Gasteiger partial charge in [-0.05, 0) is 107 Å². The van der Waals surface area contributed by atoms with E-state index < -0.39 is 5.60 Å². The maximum Gasteiger partial charge on any atom is 0.244 e. The molecule has 2 amide bonds. The molecule has 2 saturated carbocycles. The number of rotatable bonds is 12. The van der Waals surface area contributed by atoms with Crippen LogP contribution in [0.15, 0.2) is 42.6 Å². The second-order valence-corrected chi connectivity index (χ2v) is 23.3. The Morgan fingerprint density at radius 3 is 2.29 bits per heavy atom. The molecule has 5 aliphatic heterocycles. The molecule has 2 aromatic rings. The van der Waals surface area contributed by atoms with Crippen LogP contribution in [-0.4, -0.2) is 115 Å². The number of carbonyl (C=O) groups excluding carboxylic acids is 2. The third kappa shape index (κ3) is 10.5. The molecule has 376 valence electrons. The molecule has 5 heterocycles. The molecular formula is C54H77ClN8O6. The Kier molecular flexibility index (Phi) is 14.8. The molecule has 2 aliphatic carbocycles. The Morgan fingerprint density at radius 1 is 0.913 bits per heavy atom. The van der Waals surface area contributed by atoms with Gasteiger partial charge in [-0.15, -0.1) is 0 Å². The zero-order valence-corrected chi connectivity index (χ0v) is 42.7. The molecule has 69 heavy (non-hydrogen) atoms. The van der Waals surface area contributed by atoms with Gasteiger partial charge in [0.2, 0.25) is 11.8 Å². The quantitative estimate of drug-likeness (QED) is 0.126. The predicted molar refractivity (Wildman–Crippen MR) is 267 cm³/mol. The summed E-state index contributed by atoms with van der Waals surface area (Å²) >= 11 is 6.30. The lowest BCUT2D eigenvalue weighted by atomic mass is 9.49. The van der Waals surface area contributed by atoms with Crippen molar-refractivity contribution in [3.8, 4) is 17.6 Å². The van der Waals surface area contributed by atoms with Crippen LogP contribution in [0.1, 0.15) is 129 Å². The van der Waals surface area contributed by atoms with Gasteiger partial charge in [0.1, 0.15) is 42.3 Å². The average Bonchev–Trinajstić information content (AvgIpc) is 3.67. The fourth-order valence-corrected chi connectivity index (χ4v) is 13.5. The topological polar surface area (TPSA) is 172 Å². The van der Waals surface area contributed by atoms with Gasteiger partial charge < -0.3 is 34.9 Å². The van der Waals surface area contributed by atoms with Crippen LogP contribution < -0.4 is 36.1 Å². The average molecular weight is 970 g/mol. The number of hydrogen-bond donors (Lipinski definition) is 6. The van der Waals surface area contributed by atoms with Gasteiger partial charge >= 0.3 is 0 Å². The van der Waals surface area contributed by atoms with Gasteiger partial charge in [-0.2, -0.15) is 5.26 Å². The molecule has 9 rings (SSSR count). The number of likely N-dealkylation sites (tertiary alicyclic amines) is 1. The third-order valence-corrected chi connectivity index (χ3v) is 17.2. The van der Waals surface area contributed by atoms with Crippen LogP contribution in [0.3, 0.4) is 0 Å². The SMILES string of the molecule is CN1C=C(c2cc(C(C)(C)O)ccc2OC2CCC(OC3CCN(C4NCC(C(=O)NC5C(C)(C)C(Oc6ccc(C#N)c(Cl)c6)C5(C)C)CN4)CC3)NC2C2CCCCCC2)C2CCNC2C1=O. The highest BCUT2D eigenvalue weighted by Crippen LogP contribution is 2.56. The fraction of sp³-hybridized carbons (Fsp3) is 0.685. The van der Waals surface area contributed by atoms with Crippen molar-refractivity contribution < 1.29 is 28.9 Å². The summed E-state index contributed by atoms with van der Waals surface area (Å²) in [5.41, 5.74) is 1.60. The van der Waals surface area contributed by atoms with Gasteiger partial charge in [-0.1, -0.05) is 71.0 Å². The van der Waals surface area contributed by atoms with Crippen molar-refractivity contribution in [2.24, 2.45) is 28.6 Å². The Balaban J connectivity index is 0.784. The van der Waals surface area contributed by atoms with Crippen molar-refractivity contribution in [3.63, 3.8) is 0 Å². The number of ether oxygens (including phenoxy) is 3. The predicted octanol–water partition coefficient (Wildman–Crippen LogP) is 6.60. The van der Waals surface area contributed by atoms with Crippen molar-refractivity contribution in [1.29, 1.82) is 5.26 Å². The van der Waals surface area contributed by atoms with Gasteiger partial charge in [0.05, 0.1) is 34.3 Å². The molecule has 2 aromatic carbocycles. The number of nitriles is 1. The summed E-state index contributed by atoms with van der Waals surface area (Å²) in [5, 5.41) is 38.9. The summed E-state index contributed by atoms with van der Waals surface area (Å²) in [6.07, 6.45) is 13.7. The third-order valence-electron chi connectivity index (χ3n) is 16.9. The first kappa shape index (κ1) is 50.2. The van der Waals surface area contributed by atoms with Gasteiger partial charge in [-0.3, -0.25) is 30.4 Å². The minimum atomic E-state index is -1.03. The van der Waals surface area contributed by atoms with E-state index in [1.165, 1.54) is 38.5 Å². The van der Waals surface area contributed by atoms with E-state index in [0.29, 0.717) is 35.3 Å². The van der Waals surface area contributed by atoms with E-state index in [4.69, 9.17) is 25.8 Å². The number of benzene rings is 2. The van der Waals surface area contributed by atoms with Crippen molar-refractivity contribution in [1.82, 2.24) is 36.4 Å². The number of carbonyl (C=O) groups is 2. The molecule has 6 N–H and O–H groups in total. The second-order valence-electron chi connectivity index (χ2n) is 22.9. The molecule has 5 unspecified atom stereocenters. The first-order valence-corrected chi connectivity index (χ1v) is 26.3. The van der Waals surface area contributed by atoms with Gasteiger partial charge in [-0.25, -0.2) is 0 Å². The van der Waals surface area contributed by atoms with E-state index in [9.17, 15) is 20.0 Å². The lowest BCUT2D eigenvalue weighted by Crippen LogP contribution is -2.75. The number of nitrogens with zero attached hydrogens (tertiary/aromatic N) is 3. The lowest BCUT2D eigenvalue weighted by Gasteiger charge is -2.63. The second kappa shape index (κ2) is 20.4. The lowest BCUT2D eigenvalue weighted by molar-refractivity contribution is -0.174. The highest BCUT2D eigenvalue weighted by atomic mass is 35.5. The molecule has 5 atom stereocenters. The van der Waals surface area contributed by atoms with Gasteiger partial charge in [0.25, 0.3) is 0 Å². The molecule has 0 aromatic heterocycles. The number of fused-ring (bicyclic) bond motifs is 1. The molecule has 15 heteroatoms. The van der Waals surface area contributed by atoms with Crippen LogP contribution in [-0.2, 0) is 19.9 Å². The molecular weight excluding hydrogens is 892 g/mol. The van der Waals surface area contributed by atoms with Crippen LogP contribution in [0, 0.1) is 39.9 Å². The fourth-order valence-electron chi connectivity index (χ4n) is 13.3. The van der Waals surface area contributed by atoms with Crippen LogP contribution in [0.2, 0.25) is 5.02 Å². The number of hydrogen-bond acceptors (Lipinski definition) is 12. The maximum absolute atomic E-state index is 13.8. The maximum atomic E-state index is 13.8. The summed E-state index contributed by atoms with van der Waals surface area (Å²) < 4.78 is 20.6. The van der Waals surface area contributed by atoms with Crippen molar-refractivity contribution >= 4 is 29.0 Å². The highest BCUT2D eigenvalue weighted by molar-refractivity contribution is 6.31. The van der Waals surface area contributed by atoms with E-state index in [1.807, 2.05) is 39.2 Å². The van der Waals surface area contributed by atoms with E-state index in [2.05, 4.69) is 71.3 Å². The van der Waals surface area contributed by atoms with Crippen LogP contribution >= 0.6 is 11.6 Å². The minimum absolute atomic E-state index is 0.00238. The summed E-state index contributed by atoms with van der Waals surface area (Å²) in [5.74, 6) is 1.89. The molecule has 6 fully saturated rings. The van der Waals surface area contributed by atoms with Crippen molar-refractivity contribution in [3.05, 3.63) is 64.3 Å². The van der Waals surface area contributed by atoms with E-state index in [1.54, 1.807) is 23.1 Å². The normalized spacial score (nSPS) is 32.2. The monoisotopic (exact) mass is 969 g/mol. The van der Waals surface area contributed by atoms with Crippen LogP contribution in [0.25, 0.3) is 5.57 Å². The van der Waals surface area contributed by atoms with Crippen LogP contribution in [0.5, 0.6) is 11.5 Å². The summed E-state index contributed by atoms with van der Waals surface area (Å²) in [6.45, 7) is 15.9. The molecule has 0 bridgehead atoms. The molecule has 4 saturated heterocycles. The number of likely N-dealkylation sites (N-methyl/N-ethyl adjacent to an activating group) is 1. The number of piperidine rings is 2. The Bertz CT molecular complexity index is 2240. The number of nitrogens with one attached hydrogen (secondary N) is 5. The molecule has 7 aliphatic rings. The number of halogens is 1. The number of aliphatic hydroxyl groups is 1. The molecule has 14 nitrogen and oxygen atoms in total. The first-order valence-electron chi connectivity index (χ1n) is 26.0. The zero-order chi connectivity index (χ0) is 48.8. The standard InChI is InChI=1S/C54H77ClN8O6/c1-52(2)49(53(3,4)50(52)68-37-16-14-33(28-56)41(55)27-37)61-47(64)34-29-58-51(59-30-34)63-24-21-36(22-25-63)67-44-19-18-43(45(60-44)32-12-10-8-9-11-13-32)69-42-17-15-35(54(5,6)66)26-39(42)40-31-62(7)48(65)46-38(40)20-23-57-46/h14-17,26-27,31-32,34,36,38,43-46,49-51,57-60,66H,8-13,18-25,29-30H2,1-7H3,(H,61,64). The first-order chi connectivity index (χ1) is 32.9. The number of amides is 2. The summed E-state index contributed by atoms with van der Waals surface area (Å²) in [4.78, 5) is 31.1. The van der Waals surface area contributed by atoms with Gasteiger partial charge in [0.15, 0.2) is 0 Å². The van der Waals surface area contributed by atoms with E-state index in [-0.39, 0.29) is 83.4 Å². The van der Waals surface area contributed by atoms with E-state index >= 15 is 0 Å². The van der Waals surface area contributed by atoms with Crippen molar-refractivity contribution in [2.75, 3.05) is 39.8 Å². The highest BCUT2D eigenvalue weighted by Gasteiger charge is 2.64. The molecule has 0 spiro atoms. The van der Waals surface area contributed by atoms with E-state index in [0.717, 1.165) is 74.2 Å². The van der Waals surface area contributed by atoms with Crippen molar-refractivity contribution in [2.45, 2.75) is 167 Å². The Hall–Kier alpha value is -3.78. The Morgan fingerprint density at radius 2 is 1.62 bits per heavy atom. The van der Waals surface area contributed by atoms with Gasteiger partial charge in [0, 0.05) is 79.9 Å². The largest absolute Gasteiger partial charge is 0.489 e. The Labute approximate surface area is 415 Å². The summed E-state index contributed by atoms with van der Waals surface area (Å²) in [6, 6.07) is 13.2. The summed E-state index contributed by atoms with van der Waals surface area (Å²) in [7, 11) is 1.83. The molecule has 0 radical (unpaired) electrons. The smallest absolute Gasteiger partial charge is 0.244 e. The van der Waals surface area contributed by atoms with Crippen LogP contribution in [0.4, 0.5) is 0 Å². The zero-order valence-electron chi connectivity index (χ0n) is 41.9. The minimum Gasteiger partial charge on any atom is -0.489 e.